The van der Waals surface area contributed by atoms with Crippen LogP contribution in [0.4, 0.5) is 5.69 Å². The SMILES string of the molecule is C[C@@H]1CNCCN1C(=O)c1ccc2c(c1)CCC(=O)N2.Cl. The third-order valence-corrected chi connectivity index (χ3v) is 4.01. The van der Waals surface area contributed by atoms with E-state index in [1.807, 2.05) is 23.1 Å². The number of amides is 2. The van der Waals surface area contributed by atoms with Crippen molar-refractivity contribution in [2.24, 2.45) is 0 Å². The number of nitrogens with zero attached hydrogens (tertiary/aromatic N) is 1. The minimum atomic E-state index is 0. The summed E-state index contributed by atoms with van der Waals surface area (Å²) in [6, 6.07) is 5.78. The van der Waals surface area contributed by atoms with Gasteiger partial charge in [-0.2, -0.15) is 0 Å². The molecule has 3 rings (SSSR count). The van der Waals surface area contributed by atoms with Gasteiger partial charge in [-0.25, -0.2) is 0 Å². The highest BCUT2D eigenvalue weighted by Gasteiger charge is 2.25. The van der Waals surface area contributed by atoms with Crippen LogP contribution in [0.1, 0.15) is 29.3 Å². The molecule has 2 N–H and O–H groups in total. The predicted octanol–water partition coefficient (Wildman–Crippen LogP) is 1.43. The predicted molar refractivity (Wildman–Crippen MR) is 84.0 cm³/mol. The summed E-state index contributed by atoms with van der Waals surface area (Å²) in [5.41, 5.74) is 2.61. The molecule has 0 spiro atoms. The molecule has 2 aliphatic heterocycles. The first kappa shape index (κ1) is 15.8. The van der Waals surface area contributed by atoms with E-state index in [-0.39, 0.29) is 30.3 Å². The topological polar surface area (TPSA) is 61.4 Å². The number of aryl methyl sites for hydroxylation is 1. The van der Waals surface area contributed by atoms with Crippen molar-refractivity contribution in [2.75, 3.05) is 25.0 Å². The number of halogens is 1. The van der Waals surface area contributed by atoms with E-state index in [0.29, 0.717) is 18.4 Å². The lowest BCUT2D eigenvalue weighted by atomic mass is 9.99. The Bertz CT molecular complexity index is 562. The fourth-order valence-electron chi connectivity index (χ4n) is 2.83. The zero-order valence-corrected chi connectivity index (χ0v) is 12.8. The Morgan fingerprint density at radius 2 is 2.14 bits per heavy atom. The third kappa shape index (κ3) is 3.19. The van der Waals surface area contributed by atoms with Crippen molar-refractivity contribution in [2.45, 2.75) is 25.8 Å². The number of anilines is 1. The minimum absolute atomic E-state index is 0. The van der Waals surface area contributed by atoms with Crippen LogP contribution in [0, 0.1) is 0 Å². The molecule has 0 saturated carbocycles. The molecule has 0 radical (unpaired) electrons. The number of benzene rings is 1. The Morgan fingerprint density at radius 3 is 2.90 bits per heavy atom. The van der Waals surface area contributed by atoms with Crippen molar-refractivity contribution >= 4 is 29.9 Å². The van der Waals surface area contributed by atoms with Gasteiger partial charge in [-0.15, -0.1) is 12.4 Å². The first-order valence-electron chi connectivity index (χ1n) is 7.09. The van der Waals surface area contributed by atoms with Gasteiger partial charge in [0.25, 0.3) is 5.91 Å². The molecule has 1 aromatic rings. The van der Waals surface area contributed by atoms with Crippen molar-refractivity contribution in [3.8, 4) is 0 Å². The molecule has 0 bridgehead atoms. The van der Waals surface area contributed by atoms with Gasteiger partial charge in [-0.1, -0.05) is 0 Å². The van der Waals surface area contributed by atoms with E-state index in [9.17, 15) is 9.59 Å². The van der Waals surface area contributed by atoms with Crippen molar-refractivity contribution < 1.29 is 9.59 Å². The summed E-state index contributed by atoms with van der Waals surface area (Å²) in [6.45, 7) is 4.49. The average molecular weight is 310 g/mol. The van der Waals surface area contributed by atoms with Crippen molar-refractivity contribution in [1.29, 1.82) is 0 Å². The molecule has 2 aliphatic rings. The molecule has 1 aromatic carbocycles. The second kappa shape index (κ2) is 6.45. The minimum Gasteiger partial charge on any atom is -0.333 e. The van der Waals surface area contributed by atoms with Crippen LogP contribution in [0.25, 0.3) is 0 Å². The van der Waals surface area contributed by atoms with Crippen molar-refractivity contribution in [3.05, 3.63) is 29.3 Å². The quantitative estimate of drug-likeness (QED) is 0.825. The molecular weight excluding hydrogens is 290 g/mol. The van der Waals surface area contributed by atoms with E-state index < -0.39 is 0 Å². The fraction of sp³-hybridized carbons (Fsp3) is 0.467. The summed E-state index contributed by atoms with van der Waals surface area (Å²) >= 11 is 0. The molecule has 114 valence electrons. The van der Waals surface area contributed by atoms with Crippen LogP contribution in [0.15, 0.2) is 18.2 Å². The fourth-order valence-corrected chi connectivity index (χ4v) is 2.83. The zero-order chi connectivity index (χ0) is 14.1. The summed E-state index contributed by atoms with van der Waals surface area (Å²) in [5.74, 6) is 0.131. The third-order valence-electron chi connectivity index (χ3n) is 4.01. The summed E-state index contributed by atoms with van der Waals surface area (Å²) in [5, 5.41) is 6.12. The Kier molecular flexibility index (Phi) is 4.85. The lowest BCUT2D eigenvalue weighted by molar-refractivity contribution is -0.116. The van der Waals surface area contributed by atoms with Gasteiger partial charge in [0.1, 0.15) is 0 Å². The molecule has 5 nitrogen and oxygen atoms in total. The van der Waals surface area contributed by atoms with Gasteiger partial charge >= 0.3 is 0 Å². The highest BCUT2D eigenvalue weighted by molar-refractivity contribution is 5.98. The number of carbonyl (C=O) groups excluding carboxylic acids is 2. The van der Waals surface area contributed by atoms with Crippen LogP contribution in [-0.4, -0.2) is 42.4 Å². The number of nitrogens with one attached hydrogen (secondary N) is 2. The Hall–Kier alpha value is -1.59. The Balaban J connectivity index is 0.00000161. The second-order valence-electron chi connectivity index (χ2n) is 5.47. The highest BCUT2D eigenvalue weighted by atomic mass is 35.5. The molecule has 1 saturated heterocycles. The van der Waals surface area contributed by atoms with Crippen LogP contribution in [0.5, 0.6) is 0 Å². The lowest BCUT2D eigenvalue weighted by Crippen LogP contribution is -2.52. The number of fused-ring (bicyclic) bond motifs is 1. The first-order chi connectivity index (χ1) is 9.65. The zero-order valence-electron chi connectivity index (χ0n) is 12.0. The molecule has 6 heteroatoms. The van der Waals surface area contributed by atoms with Gasteiger partial charge in [0.15, 0.2) is 0 Å². The van der Waals surface area contributed by atoms with Gasteiger partial charge in [-0.05, 0) is 37.1 Å². The molecule has 21 heavy (non-hydrogen) atoms. The number of carbonyl (C=O) groups is 2. The molecule has 0 aromatic heterocycles. The van der Waals surface area contributed by atoms with E-state index in [0.717, 1.165) is 30.9 Å². The van der Waals surface area contributed by atoms with Crippen LogP contribution in [0.3, 0.4) is 0 Å². The van der Waals surface area contributed by atoms with Crippen LogP contribution in [-0.2, 0) is 11.2 Å². The number of rotatable bonds is 1. The maximum atomic E-state index is 12.6. The van der Waals surface area contributed by atoms with Gasteiger partial charge < -0.3 is 15.5 Å². The first-order valence-corrected chi connectivity index (χ1v) is 7.09. The molecule has 0 unspecified atom stereocenters. The largest absolute Gasteiger partial charge is 0.333 e. The molecular formula is C15H20ClN3O2. The molecule has 2 amide bonds. The molecule has 1 atom stereocenters. The maximum absolute atomic E-state index is 12.6. The standard InChI is InChI=1S/C15H19N3O2.ClH/c1-10-9-16-6-7-18(10)15(20)12-2-4-13-11(8-12)3-5-14(19)17-13;/h2,4,8,10,16H,3,5-7,9H2,1H3,(H,17,19);1H/t10-;/m1./s1. The Morgan fingerprint density at radius 1 is 1.33 bits per heavy atom. The van der Waals surface area contributed by atoms with E-state index in [1.54, 1.807) is 0 Å². The Labute approximate surface area is 130 Å². The van der Waals surface area contributed by atoms with Crippen LogP contribution < -0.4 is 10.6 Å². The second-order valence-corrected chi connectivity index (χ2v) is 5.47. The monoisotopic (exact) mass is 309 g/mol. The number of piperazine rings is 1. The lowest BCUT2D eigenvalue weighted by Gasteiger charge is -2.34. The van der Waals surface area contributed by atoms with Crippen LogP contribution >= 0.6 is 12.4 Å². The van der Waals surface area contributed by atoms with Gasteiger partial charge in [0.2, 0.25) is 5.91 Å². The normalized spacial score (nSPS) is 21.1. The number of hydrogen-bond acceptors (Lipinski definition) is 3. The summed E-state index contributed by atoms with van der Waals surface area (Å²) in [4.78, 5) is 25.8. The highest BCUT2D eigenvalue weighted by Crippen LogP contribution is 2.24. The summed E-state index contributed by atoms with van der Waals surface area (Å²) in [7, 11) is 0. The van der Waals surface area contributed by atoms with E-state index >= 15 is 0 Å². The van der Waals surface area contributed by atoms with Gasteiger partial charge in [0.05, 0.1) is 0 Å². The van der Waals surface area contributed by atoms with E-state index in [4.69, 9.17) is 0 Å². The van der Waals surface area contributed by atoms with E-state index in [1.165, 1.54) is 0 Å². The van der Waals surface area contributed by atoms with Gasteiger partial charge in [-0.3, -0.25) is 9.59 Å². The molecule has 1 fully saturated rings. The smallest absolute Gasteiger partial charge is 0.254 e. The maximum Gasteiger partial charge on any atom is 0.254 e. The van der Waals surface area contributed by atoms with Crippen molar-refractivity contribution in [1.82, 2.24) is 10.2 Å². The molecule has 2 heterocycles. The van der Waals surface area contributed by atoms with E-state index in [2.05, 4.69) is 17.6 Å². The van der Waals surface area contributed by atoms with Gasteiger partial charge in [0, 0.05) is 43.3 Å². The number of hydrogen-bond donors (Lipinski definition) is 2. The van der Waals surface area contributed by atoms with Crippen LogP contribution in [0.2, 0.25) is 0 Å². The summed E-state index contributed by atoms with van der Waals surface area (Å²) < 4.78 is 0. The average Bonchev–Trinajstić information content (AvgIpc) is 2.46. The summed E-state index contributed by atoms with van der Waals surface area (Å²) in [6.07, 6.45) is 1.20. The van der Waals surface area contributed by atoms with Crippen molar-refractivity contribution in [3.63, 3.8) is 0 Å². The molecule has 0 aliphatic carbocycles.